The largest absolute Gasteiger partial charge is 0.538 e. The summed E-state index contributed by atoms with van der Waals surface area (Å²) in [7, 11) is -2.18. The van der Waals surface area contributed by atoms with E-state index in [2.05, 4.69) is 46.3 Å². The average Bonchev–Trinajstić information content (AvgIpc) is 2.32. The molecule has 0 saturated carbocycles. The summed E-state index contributed by atoms with van der Waals surface area (Å²) in [5.74, 6) is 0.329. The van der Waals surface area contributed by atoms with Gasteiger partial charge in [-0.2, -0.15) is 4.79 Å². The van der Waals surface area contributed by atoms with Crippen LogP contribution in [0.4, 0.5) is 0 Å². The predicted octanol–water partition coefficient (Wildman–Crippen LogP) is 4.73. The fourth-order valence-electron chi connectivity index (χ4n) is 3.84. The molecule has 0 N–H and O–H groups in total. The van der Waals surface area contributed by atoms with Gasteiger partial charge in [-0.25, -0.2) is 0 Å². The minimum atomic E-state index is -2.18. The Hall–Kier alpha value is -1.19. The first-order chi connectivity index (χ1) is 9.97. The molecule has 0 aromatic heterocycles. The van der Waals surface area contributed by atoms with Gasteiger partial charge >= 0.3 is 5.71 Å². The zero-order chi connectivity index (χ0) is 17.3. The van der Waals surface area contributed by atoms with Crippen LogP contribution in [0.3, 0.4) is 0 Å². The Labute approximate surface area is 135 Å². The molecule has 0 heterocycles. The van der Waals surface area contributed by atoms with Gasteiger partial charge in [-0.1, -0.05) is 55.4 Å². The summed E-state index contributed by atoms with van der Waals surface area (Å²) in [6.07, 6.45) is 2.30. The SMILES string of the molecule is CC(C)[Si](OC1=CC(C)(C)CC(=O)C1=[N+]=[N-])(C(C)C)C(C)C. The minimum Gasteiger partial charge on any atom is -0.538 e. The molecule has 0 unspecified atom stereocenters. The first-order valence-corrected chi connectivity index (χ1v) is 10.3. The van der Waals surface area contributed by atoms with Crippen LogP contribution in [0.25, 0.3) is 5.53 Å². The standard InChI is InChI=1S/C17H30N2O2Si/c1-11(2)22(12(3)4,13(5)6)21-15-10-17(7,8)9-14(20)16(15)19-18/h10-13H,9H2,1-8H3. The molecule has 0 spiro atoms. The van der Waals surface area contributed by atoms with Crippen LogP contribution in [0.5, 0.6) is 0 Å². The molecular weight excluding hydrogens is 292 g/mol. The highest BCUT2D eigenvalue weighted by Gasteiger charge is 2.50. The average molecular weight is 323 g/mol. The second-order valence-electron chi connectivity index (χ2n) is 7.97. The fourth-order valence-corrected chi connectivity index (χ4v) is 9.08. The number of carbonyl (C=O) groups is 1. The van der Waals surface area contributed by atoms with E-state index >= 15 is 0 Å². The summed E-state index contributed by atoms with van der Waals surface area (Å²) in [4.78, 5) is 15.5. The van der Waals surface area contributed by atoms with Crippen LogP contribution in [0, 0.1) is 5.41 Å². The molecule has 0 radical (unpaired) electrons. The maximum Gasteiger partial charge on any atom is 0.397 e. The lowest BCUT2D eigenvalue weighted by Gasteiger charge is -2.43. The van der Waals surface area contributed by atoms with Crippen LogP contribution in [0.15, 0.2) is 11.8 Å². The fraction of sp³-hybridized carbons (Fsp3) is 0.765. The summed E-state index contributed by atoms with van der Waals surface area (Å²) < 4.78 is 6.56. The molecule has 0 saturated heterocycles. The third-order valence-electron chi connectivity index (χ3n) is 4.73. The van der Waals surface area contributed by atoms with Gasteiger partial charge < -0.3 is 9.96 Å². The number of nitrogens with zero attached hydrogens (tertiary/aromatic N) is 2. The molecule has 22 heavy (non-hydrogen) atoms. The lowest BCUT2D eigenvalue weighted by molar-refractivity contribution is -0.119. The molecule has 0 aromatic rings. The van der Waals surface area contributed by atoms with Crippen molar-refractivity contribution in [1.82, 2.24) is 0 Å². The first-order valence-electron chi connectivity index (χ1n) is 8.15. The van der Waals surface area contributed by atoms with Gasteiger partial charge in [0.05, 0.1) is 0 Å². The van der Waals surface area contributed by atoms with E-state index in [0.717, 1.165) is 0 Å². The van der Waals surface area contributed by atoms with E-state index < -0.39 is 8.32 Å². The molecule has 0 aliphatic heterocycles. The van der Waals surface area contributed by atoms with Gasteiger partial charge in [0.25, 0.3) is 8.32 Å². The number of carbonyl (C=O) groups excluding carboxylic acids is 1. The number of rotatable bonds is 5. The smallest absolute Gasteiger partial charge is 0.397 e. The number of allylic oxidation sites excluding steroid dienone is 2. The maximum absolute atomic E-state index is 12.3. The third-order valence-corrected chi connectivity index (χ3v) is 10.7. The predicted molar refractivity (Wildman–Crippen MR) is 92.2 cm³/mol. The number of Topliss-reactive ketones (excluding diaryl/α,β-unsaturated/α-hetero) is 1. The quantitative estimate of drug-likeness (QED) is 0.417. The van der Waals surface area contributed by atoms with Crippen LogP contribution in [0.2, 0.25) is 16.6 Å². The van der Waals surface area contributed by atoms with Crippen molar-refractivity contribution in [3.05, 3.63) is 17.4 Å². The molecule has 1 rings (SSSR count). The van der Waals surface area contributed by atoms with Crippen LogP contribution in [-0.4, -0.2) is 24.6 Å². The summed E-state index contributed by atoms with van der Waals surface area (Å²) in [5, 5.41) is 0. The topological polar surface area (TPSA) is 62.7 Å². The molecule has 0 fully saturated rings. The van der Waals surface area contributed by atoms with Crippen LogP contribution >= 0.6 is 0 Å². The van der Waals surface area contributed by atoms with Crippen molar-refractivity contribution in [3.8, 4) is 0 Å². The molecule has 0 bridgehead atoms. The van der Waals surface area contributed by atoms with Gasteiger partial charge in [0.1, 0.15) is 0 Å². The molecule has 124 valence electrons. The molecule has 5 heteroatoms. The Morgan fingerprint density at radius 2 is 1.59 bits per heavy atom. The van der Waals surface area contributed by atoms with E-state index in [0.29, 0.717) is 28.8 Å². The Morgan fingerprint density at radius 1 is 1.14 bits per heavy atom. The van der Waals surface area contributed by atoms with Crippen molar-refractivity contribution in [3.63, 3.8) is 0 Å². The van der Waals surface area contributed by atoms with Crippen LogP contribution in [-0.2, 0) is 9.22 Å². The van der Waals surface area contributed by atoms with E-state index in [1.807, 2.05) is 19.9 Å². The van der Waals surface area contributed by atoms with E-state index in [1.54, 1.807) is 0 Å². The van der Waals surface area contributed by atoms with E-state index in [-0.39, 0.29) is 16.9 Å². The van der Waals surface area contributed by atoms with Crippen LogP contribution in [0.1, 0.15) is 61.8 Å². The van der Waals surface area contributed by atoms with E-state index in [4.69, 9.17) is 4.43 Å². The number of ketones is 1. The Bertz CT molecular complexity index is 505. The Balaban J connectivity index is 3.41. The molecule has 1 aliphatic rings. The van der Waals surface area contributed by atoms with E-state index in [9.17, 15) is 10.3 Å². The van der Waals surface area contributed by atoms with E-state index in [1.165, 1.54) is 0 Å². The van der Waals surface area contributed by atoms with Crippen molar-refractivity contribution >= 4 is 19.8 Å². The Kier molecular flexibility index (Phi) is 5.58. The lowest BCUT2D eigenvalue weighted by Crippen LogP contribution is -2.49. The minimum absolute atomic E-state index is 0.0816. The van der Waals surface area contributed by atoms with Gasteiger partial charge in [0, 0.05) is 6.42 Å². The highest BCUT2D eigenvalue weighted by Crippen LogP contribution is 2.45. The normalized spacial score (nSPS) is 18.8. The molecule has 4 nitrogen and oxygen atoms in total. The van der Waals surface area contributed by atoms with Crippen molar-refractivity contribution < 1.29 is 14.0 Å². The summed E-state index contributed by atoms with van der Waals surface area (Å²) in [5.41, 5.74) is 10.3. The van der Waals surface area contributed by atoms with Crippen molar-refractivity contribution in [2.45, 2.75) is 78.4 Å². The monoisotopic (exact) mass is 322 g/mol. The summed E-state index contributed by atoms with van der Waals surface area (Å²) in [6.45, 7) is 17.2. The highest BCUT2D eigenvalue weighted by atomic mass is 28.4. The lowest BCUT2D eigenvalue weighted by atomic mass is 9.81. The zero-order valence-electron chi connectivity index (χ0n) is 15.2. The van der Waals surface area contributed by atoms with Gasteiger partial charge in [-0.3, -0.25) is 4.79 Å². The molecule has 0 atom stereocenters. The molecular formula is C17H30N2O2Si. The van der Waals surface area contributed by atoms with Gasteiger partial charge in [-0.05, 0) is 28.1 Å². The zero-order valence-corrected chi connectivity index (χ0v) is 16.2. The van der Waals surface area contributed by atoms with Gasteiger partial charge in [0.2, 0.25) is 5.78 Å². The third kappa shape index (κ3) is 3.41. The maximum atomic E-state index is 12.3. The first kappa shape index (κ1) is 18.9. The molecule has 0 amide bonds. The van der Waals surface area contributed by atoms with Crippen molar-refractivity contribution in [2.75, 3.05) is 0 Å². The van der Waals surface area contributed by atoms with Gasteiger partial charge in [-0.15, -0.1) is 0 Å². The number of hydrogen-bond acceptors (Lipinski definition) is 2. The van der Waals surface area contributed by atoms with Crippen molar-refractivity contribution in [2.24, 2.45) is 5.41 Å². The van der Waals surface area contributed by atoms with Crippen LogP contribution < -0.4 is 0 Å². The molecule has 0 aromatic carbocycles. The van der Waals surface area contributed by atoms with Gasteiger partial charge in [0.15, 0.2) is 5.76 Å². The Morgan fingerprint density at radius 3 is 1.95 bits per heavy atom. The second kappa shape index (κ2) is 6.51. The summed E-state index contributed by atoms with van der Waals surface area (Å²) in [6, 6.07) is 0. The second-order valence-corrected chi connectivity index (χ2v) is 13.3. The summed E-state index contributed by atoms with van der Waals surface area (Å²) >= 11 is 0. The van der Waals surface area contributed by atoms with Crippen molar-refractivity contribution in [1.29, 1.82) is 0 Å². The number of hydrogen-bond donors (Lipinski definition) is 0. The highest BCUT2D eigenvalue weighted by molar-refractivity contribution is 6.78. The molecule has 1 aliphatic carbocycles.